The summed E-state index contributed by atoms with van der Waals surface area (Å²) in [5.74, 6) is 0.220. The third-order valence-corrected chi connectivity index (χ3v) is 3.60. The van der Waals surface area contributed by atoms with Crippen molar-refractivity contribution in [3.8, 4) is 5.75 Å². The van der Waals surface area contributed by atoms with E-state index in [1.807, 2.05) is 43.1 Å². The first kappa shape index (κ1) is 17.9. The van der Waals surface area contributed by atoms with Crippen LogP contribution in [0.5, 0.6) is 5.75 Å². The van der Waals surface area contributed by atoms with Crippen molar-refractivity contribution in [3.05, 3.63) is 59.9 Å². The monoisotopic (exact) mass is 330 g/mol. The fraction of sp³-hybridized carbons (Fsp3) is 0.316. The molecule has 0 saturated carbocycles. The lowest BCUT2D eigenvalue weighted by molar-refractivity contribution is -0.116. The van der Waals surface area contributed by atoms with Crippen molar-refractivity contribution >= 4 is 11.6 Å². The van der Waals surface area contributed by atoms with E-state index in [1.165, 1.54) is 6.07 Å². The number of hydrogen-bond donors (Lipinski definition) is 1. The summed E-state index contributed by atoms with van der Waals surface area (Å²) in [6.07, 6.45) is 0.301. The van der Waals surface area contributed by atoms with Gasteiger partial charge in [-0.05, 0) is 43.8 Å². The number of nitrogens with one attached hydrogen (secondary N) is 1. The second kappa shape index (κ2) is 9.03. The van der Waals surface area contributed by atoms with Crippen LogP contribution < -0.4 is 10.1 Å². The molecule has 0 aliphatic carbocycles. The molecule has 5 heteroatoms. The number of rotatable bonds is 8. The molecule has 0 atom stereocenters. The number of carbonyl (C=O) groups excluding carboxylic acids is 1. The minimum Gasteiger partial charge on any atom is -0.492 e. The van der Waals surface area contributed by atoms with Crippen LogP contribution in [0.4, 0.5) is 10.1 Å². The molecule has 0 spiro atoms. The summed E-state index contributed by atoms with van der Waals surface area (Å²) in [5.41, 5.74) is 1.37. The van der Waals surface area contributed by atoms with E-state index in [2.05, 4.69) is 5.32 Å². The Morgan fingerprint density at radius 3 is 2.71 bits per heavy atom. The quantitative estimate of drug-likeness (QED) is 0.806. The third kappa shape index (κ3) is 6.01. The molecule has 0 heterocycles. The summed E-state index contributed by atoms with van der Waals surface area (Å²) >= 11 is 0. The Kier molecular flexibility index (Phi) is 6.75. The SMILES string of the molecule is Cc1cccc(OCCN(C)CCC(=O)Nc2ccccc2F)c1. The van der Waals surface area contributed by atoms with Crippen LogP contribution in [0.1, 0.15) is 12.0 Å². The predicted molar refractivity (Wildman–Crippen MR) is 93.8 cm³/mol. The molecule has 0 saturated heterocycles. The molecule has 128 valence electrons. The maximum absolute atomic E-state index is 13.5. The van der Waals surface area contributed by atoms with Gasteiger partial charge in [-0.3, -0.25) is 4.79 Å². The van der Waals surface area contributed by atoms with Crippen molar-refractivity contribution in [2.75, 3.05) is 32.1 Å². The van der Waals surface area contributed by atoms with Gasteiger partial charge in [0, 0.05) is 19.5 Å². The number of nitrogens with zero attached hydrogens (tertiary/aromatic N) is 1. The zero-order valence-electron chi connectivity index (χ0n) is 14.1. The number of carbonyl (C=O) groups is 1. The number of anilines is 1. The van der Waals surface area contributed by atoms with Gasteiger partial charge in [0.2, 0.25) is 5.91 Å². The number of ether oxygens (including phenoxy) is 1. The standard InChI is InChI=1S/C19H23FN2O2/c1-15-6-5-7-16(14-15)24-13-12-22(2)11-10-19(23)21-18-9-4-3-8-17(18)20/h3-9,14H,10-13H2,1-2H3,(H,21,23). The Morgan fingerprint density at radius 2 is 1.96 bits per heavy atom. The van der Waals surface area contributed by atoms with E-state index in [0.29, 0.717) is 26.1 Å². The van der Waals surface area contributed by atoms with Crippen molar-refractivity contribution in [3.63, 3.8) is 0 Å². The molecule has 0 bridgehead atoms. The van der Waals surface area contributed by atoms with Crippen molar-refractivity contribution in [1.29, 1.82) is 0 Å². The van der Waals surface area contributed by atoms with E-state index in [9.17, 15) is 9.18 Å². The molecule has 1 amide bonds. The largest absolute Gasteiger partial charge is 0.492 e. The lowest BCUT2D eigenvalue weighted by Crippen LogP contribution is -2.28. The van der Waals surface area contributed by atoms with Crippen LogP contribution in [-0.2, 0) is 4.79 Å². The Morgan fingerprint density at radius 1 is 1.17 bits per heavy atom. The van der Waals surface area contributed by atoms with Crippen molar-refractivity contribution < 1.29 is 13.9 Å². The zero-order chi connectivity index (χ0) is 17.4. The van der Waals surface area contributed by atoms with Crippen LogP contribution in [0.2, 0.25) is 0 Å². The van der Waals surface area contributed by atoms with E-state index >= 15 is 0 Å². The molecular formula is C19H23FN2O2. The number of amides is 1. The molecule has 0 fully saturated rings. The zero-order valence-corrected chi connectivity index (χ0v) is 14.1. The molecule has 0 aliphatic rings. The topological polar surface area (TPSA) is 41.6 Å². The molecule has 0 aromatic heterocycles. The molecule has 0 unspecified atom stereocenters. The van der Waals surface area contributed by atoms with Gasteiger partial charge in [0.05, 0.1) is 5.69 Å². The number of hydrogen-bond acceptors (Lipinski definition) is 3. The van der Waals surface area contributed by atoms with Gasteiger partial charge >= 0.3 is 0 Å². The molecule has 2 aromatic rings. The number of benzene rings is 2. The second-order valence-electron chi connectivity index (χ2n) is 5.75. The van der Waals surface area contributed by atoms with Crippen LogP contribution in [0.15, 0.2) is 48.5 Å². The Hall–Kier alpha value is -2.40. The lowest BCUT2D eigenvalue weighted by atomic mass is 10.2. The summed E-state index contributed by atoms with van der Waals surface area (Å²) in [6.45, 7) is 3.86. The maximum atomic E-state index is 13.5. The highest BCUT2D eigenvalue weighted by Gasteiger charge is 2.08. The van der Waals surface area contributed by atoms with Gasteiger partial charge in [-0.15, -0.1) is 0 Å². The van der Waals surface area contributed by atoms with Crippen LogP contribution >= 0.6 is 0 Å². The molecule has 0 radical (unpaired) electrons. The summed E-state index contributed by atoms with van der Waals surface area (Å²) in [7, 11) is 1.93. The van der Waals surface area contributed by atoms with Gasteiger partial charge in [0.25, 0.3) is 0 Å². The molecule has 2 aromatic carbocycles. The predicted octanol–water partition coefficient (Wildman–Crippen LogP) is 3.47. The van der Waals surface area contributed by atoms with Crippen molar-refractivity contribution in [1.82, 2.24) is 4.90 Å². The van der Waals surface area contributed by atoms with E-state index in [0.717, 1.165) is 11.3 Å². The first-order valence-corrected chi connectivity index (χ1v) is 7.97. The van der Waals surface area contributed by atoms with Gasteiger partial charge in [-0.1, -0.05) is 24.3 Å². The van der Waals surface area contributed by atoms with Crippen LogP contribution in [0, 0.1) is 12.7 Å². The van der Waals surface area contributed by atoms with E-state index in [1.54, 1.807) is 18.2 Å². The Balaban J connectivity index is 1.66. The maximum Gasteiger partial charge on any atom is 0.225 e. The minimum atomic E-state index is -0.425. The number of likely N-dealkylation sites (N-methyl/N-ethyl adjacent to an activating group) is 1. The summed E-state index contributed by atoms with van der Waals surface area (Å²) < 4.78 is 19.1. The smallest absolute Gasteiger partial charge is 0.225 e. The first-order chi connectivity index (χ1) is 11.5. The summed E-state index contributed by atoms with van der Waals surface area (Å²) in [5, 5.41) is 2.58. The number of para-hydroxylation sites is 1. The average Bonchev–Trinajstić information content (AvgIpc) is 2.55. The molecular weight excluding hydrogens is 307 g/mol. The Bertz CT molecular complexity index is 676. The third-order valence-electron chi connectivity index (χ3n) is 3.60. The van der Waals surface area contributed by atoms with Gasteiger partial charge in [-0.2, -0.15) is 0 Å². The lowest BCUT2D eigenvalue weighted by Gasteiger charge is -2.17. The number of halogens is 1. The summed E-state index contributed by atoms with van der Waals surface area (Å²) in [6, 6.07) is 14.0. The fourth-order valence-corrected chi connectivity index (χ4v) is 2.20. The van der Waals surface area contributed by atoms with Crippen LogP contribution in [0.25, 0.3) is 0 Å². The van der Waals surface area contributed by atoms with E-state index in [4.69, 9.17) is 4.74 Å². The van der Waals surface area contributed by atoms with E-state index < -0.39 is 5.82 Å². The molecule has 2 rings (SSSR count). The van der Waals surface area contributed by atoms with Crippen molar-refractivity contribution in [2.24, 2.45) is 0 Å². The van der Waals surface area contributed by atoms with Crippen LogP contribution in [-0.4, -0.2) is 37.6 Å². The molecule has 4 nitrogen and oxygen atoms in total. The highest BCUT2D eigenvalue weighted by Crippen LogP contribution is 2.13. The molecule has 0 aliphatic heterocycles. The highest BCUT2D eigenvalue weighted by atomic mass is 19.1. The van der Waals surface area contributed by atoms with Gasteiger partial charge in [-0.25, -0.2) is 4.39 Å². The van der Waals surface area contributed by atoms with E-state index in [-0.39, 0.29) is 11.6 Å². The van der Waals surface area contributed by atoms with Gasteiger partial charge in [0.15, 0.2) is 0 Å². The molecule has 24 heavy (non-hydrogen) atoms. The van der Waals surface area contributed by atoms with Gasteiger partial charge < -0.3 is 15.0 Å². The molecule has 1 N–H and O–H groups in total. The first-order valence-electron chi connectivity index (χ1n) is 7.97. The highest BCUT2D eigenvalue weighted by molar-refractivity contribution is 5.90. The minimum absolute atomic E-state index is 0.202. The fourth-order valence-electron chi connectivity index (χ4n) is 2.20. The number of aryl methyl sites for hydroxylation is 1. The summed E-state index contributed by atoms with van der Waals surface area (Å²) in [4.78, 5) is 13.9. The normalized spacial score (nSPS) is 10.7. The Labute approximate surface area is 142 Å². The van der Waals surface area contributed by atoms with Crippen molar-refractivity contribution in [2.45, 2.75) is 13.3 Å². The average molecular weight is 330 g/mol. The van der Waals surface area contributed by atoms with Crippen LogP contribution in [0.3, 0.4) is 0 Å². The van der Waals surface area contributed by atoms with Gasteiger partial charge in [0.1, 0.15) is 18.2 Å². The second-order valence-corrected chi connectivity index (χ2v) is 5.75.